The molecule has 0 bridgehead atoms. The highest BCUT2D eigenvalue weighted by Gasteiger charge is 2.24. The molecule has 270 valence electrons. The number of hydrogen-bond acceptors (Lipinski definition) is 9. The predicted molar refractivity (Wildman–Crippen MR) is 210 cm³/mol. The van der Waals surface area contributed by atoms with Gasteiger partial charge in [0, 0.05) is 53.1 Å². The van der Waals surface area contributed by atoms with Crippen LogP contribution in [-0.4, -0.2) is 36.1 Å². The van der Waals surface area contributed by atoms with Crippen LogP contribution in [0.15, 0.2) is 72.8 Å². The minimum atomic E-state index is -0.508. The molecule has 4 aromatic carbocycles. The molecule has 0 aliphatic heterocycles. The first-order valence-corrected chi connectivity index (χ1v) is 15.8. The maximum atomic E-state index is 10.9. The molecule has 0 aliphatic rings. The number of methoxy groups -OCH3 is 3. The number of hydrogen-bond donors (Lipinski definition) is 0. The average molecular weight is 748 g/mol. The quantitative estimate of drug-likeness (QED) is 0.138. The zero-order valence-corrected chi connectivity index (χ0v) is 29.9. The van der Waals surface area contributed by atoms with Gasteiger partial charge in [-0.05, 0) is 125 Å². The van der Waals surface area contributed by atoms with Gasteiger partial charge < -0.3 is 14.2 Å². The lowest BCUT2D eigenvalue weighted by Crippen LogP contribution is -2.03. The molecule has 0 aromatic heterocycles. The number of nitro benzene ring substituents is 3. The van der Waals surface area contributed by atoms with Gasteiger partial charge in [-0.1, -0.05) is 17.8 Å². The Kier molecular flexibility index (Phi) is 14.5. The molecule has 0 atom stereocenters. The smallest absolute Gasteiger partial charge is 0.269 e. The molecule has 0 aliphatic carbocycles. The fraction of sp³-hybridized carbons (Fsp3) is 0.0667. The van der Waals surface area contributed by atoms with Crippen LogP contribution >= 0.6 is 0 Å². The zero-order chi connectivity index (χ0) is 41.0. The third kappa shape index (κ3) is 11.5. The molecular formula is C45H21N3O9. The van der Waals surface area contributed by atoms with Crippen LogP contribution in [0.2, 0.25) is 0 Å². The van der Waals surface area contributed by atoms with Gasteiger partial charge in [-0.25, -0.2) is 0 Å². The van der Waals surface area contributed by atoms with E-state index in [1.807, 2.05) is 0 Å². The topological polar surface area (TPSA) is 157 Å². The lowest BCUT2D eigenvalue weighted by molar-refractivity contribution is -0.385. The van der Waals surface area contributed by atoms with Crippen LogP contribution in [0.5, 0.6) is 17.2 Å². The molecule has 12 nitrogen and oxygen atoms in total. The highest BCUT2D eigenvalue weighted by molar-refractivity contribution is 5.76. The minimum Gasteiger partial charge on any atom is -0.494 e. The van der Waals surface area contributed by atoms with Crippen molar-refractivity contribution in [1.82, 2.24) is 0 Å². The number of rotatable bonds is 6. The molecule has 12 heteroatoms. The highest BCUT2D eigenvalue weighted by atomic mass is 16.6. The van der Waals surface area contributed by atoms with E-state index in [-0.39, 0.29) is 51.0 Å². The molecule has 0 unspecified atom stereocenters. The van der Waals surface area contributed by atoms with Gasteiger partial charge in [0.2, 0.25) is 0 Å². The van der Waals surface area contributed by atoms with Gasteiger partial charge in [-0.2, -0.15) is 0 Å². The first kappa shape index (κ1) is 40.3. The maximum Gasteiger partial charge on any atom is 0.269 e. The van der Waals surface area contributed by atoms with Crippen LogP contribution < -0.4 is 14.2 Å². The summed E-state index contributed by atoms with van der Waals surface area (Å²) in [6, 6.07) is 17.0. The Morgan fingerprint density at radius 1 is 0.351 bits per heavy atom. The van der Waals surface area contributed by atoms with E-state index >= 15 is 0 Å². The Hall–Kier alpha value is -9.48. The lowest BCUT2D eigenvalue weighted by atomic mass is 10.00. The molecule has 0 radical (unpaired) electrons. The Balaban J connectivity index is 1.76. The van der Waals surface area contributed by atoms with Gasteiger partial charge in [0.25, 0.3) is 17.1 Å². The SMILES string of the molecule is COc1c(C#CC#CC#Cc2ccc([N+](=O)[O-])cc2)c(OC)c(C#CC#CC#Cc2ccc([N+](=O)[O-])cc2)c(OC)c1C#CC#CC#Cc1ccc([N+](=O)[O-])cc1. The first-order chi connectivity index (χ1) is 27.7. The van der Waals surface area contributed by atoms with E-state index in [0.29, 0.717) is 16.7 Å². The summed E-state index contributed by atoms with van der Waals surface area (Å²) in [7, 11) is 4.19. The Bertz CT molecular complexity index is 2530. The number of nitrogens with zero attached hydrogens (tertiary/aromatic N) is 3. The van der Waals surface area contributed by atoms with E-state index in [4.69, 9.17) is 14.2 Å². The van der Waals surface area contributed by atoms with Crippen molar-refractivity contribution in [3.05, 3.63) is 137 Å². The summed E-state index contributed by atoms with van der Waals surface area (Å²) >= 11 is 0. The Labute approximate surface area is 327 Å². The van der Waals surface area contributed by atoms with Crippen molar-refractivity contribution in [2.45, 2.75) is 0 Å². The van der Waals surface area contributed by atoms with Crippen LogP contribution in [0.25, 0.3) is 0 Å². The summed E-state index contributed by atoms with van der Waals surface area (Å²) < 4.78 is 17.1. The van der Waals surface area contributed by atoms with Crippen molar-refractivity contribution in [2.24, 2.45) is 0 Å². The molecule has 0 fully saturated rings. The van der Waals surface area contributed by atoms with Crippen molar-refractivity contribution >= 4 is 17.1 Å². The molecular weight excluding hydrogens is 727 g/mol. The van der Waals surface area contributed by atoms with Gasteiger partial charge in [0.1, 0.15) is 16.7 Å². The molecule has 57 heavy (non-hydrogen) atoms. The Morgan fingerprint density at radius 3 is 0.754 bits per heavy atom. The fourth-order valence-corrected chi connectivity index (χ4v) is 4.42. The number of ether oxygens (including phenoxy) is 3. The van der Waals surface area contributed by atoms with Crippen molar-refractivity contribution in [3.63, 3.8) is 0 Å². The van der Waals surface area contributed by atoms with Gasteiger partial charge in [0.15, 0.2) is 17.2 Å². The van der Waals surface area contributed by atoms with Crippen molar-refractivity contribution in [2.75, 3.05) is 21.3 Å². The summed E-state index contributed by atoms with van der Waals surface area (Å²) in [5.74, 6) is 49.3. The van der Waals surface area contributed by atoms with E-state index in [2.05, 4.69) is 107 Å². The normalized spacial score (nSPS) is 8.47. The second kappa shape index (κ2) is 20.5. The standard InChI is InChI=1S/C45H21N3O9/c1-55-43-40(19-13-7-4-10-16-34-22-28-37(29-23-34)46(49)50)44(56-2)42(21-15-9-6-12-18-36-26-32-39(33-27-36)48(53)54)45(57-3)41(43)20-14-8-5-11-17-35-24-30-38(31-25-35)47(51)52/h22-33H,1-3H3. The molecule has 0 N–H and O–H groups in total. The first-order valence-electron chi connectivity index (χ1n) is 15.8. The van der Waals surface area contributed by atoms with Gasteiger partial charge in [0.05, 0.1) is 36.1 Å². The highest BCUT2D eigenvalue weighted by Crippen LogP contribution is 2.42. The third-order valence-corrected chi connectivity index (χ3v) is 6.95. The monoisotopic (exact) mass is 747 g/mol. The summed E-state index contributed by atoms with van der Waals surface area (Å²) in [6.45, 7) is 0. The summed E-state index contributed by atoms with van der Waals surface area (Å²) in [5, 5.41) is 32.7. The second-order valence-electron chi connectivity index (χ2n) is 10.4. The third-order valence-electron chi connectivity index (χ3n) is 6.95. The van der Waals surface area contributed by atoms with Crippen LogP contribution in [-0.2, 0) is 0 Å². The van der Waals surface area contributed by atoms with Crippen LogP contribution in [0.1, 0.15) is 33.4 Å². The van der Waals surface area contributed by atoms with E-state index in [9.17, 15) is 30.3 Å². The van der Waals surface area contributed by atoms with Crippen LogP contribution in [0.3, 0.4) is 0 Å². The molecule has 4 aromatic rings. The maximum absolute atomic E-state index is 10.9. The number of benzene rings is 4. The van der Waals surface area contributed by atoms with Crippen molar-refractivity contribution in [3.8, 4) is 124 Å². The second-order valence-corrected chi connectivity index (χ2v) is 10.4. The summed E-state index contributed by atoms with van der Waals surface area (Å²) in [6.07, 6.45) is 0. The Morgan fingerprint density at radius 2 is 0.561 bits per heavy atom. The van der Waals surface area contributed by atoms with E-state index in [1.165, 1.54) is 94.1 Å². The lowest BCUT2D eigenvalue weighted by Gasteiger charge is -2.17. The minimum absolute atomic E-state index is 0.0613. The molecule has 0 amide bonds. The van der Waals surface area contributed by atoms with E-state index in [1.54, 1.807) is 0 Å². The fourth-order valence-electron chi connectivity index (χ4n) is 4.42. The molecule has 4 rings (SSSR count). The van der Waals surface area contributed by atoms with E-state index in [0.717, 1.165) is 0 Å². The molecule has 0 spiro atoms. The molecule has 0 heterocycles. The summed E-state index contributed by atoms with van der Waals surface area (Å²) in [4.78, 5) is 31.1. The largest absolute Gasteiger partial charge is 0.494 e. The van der Waals surface area contributed by atoms with Gasteiger partial charge >= 0.3 is 0 Å². The number of nitro groups is 3. The van der Waals surface area contributed by atoms with Gasteiger partial charge in [-0.3, -0.25) is 30.3 Å². The molecule has 0 saturated carbocycles. The molecule has 0 saturated heterocycles. The van der Waals surface area contributed by atoms with Crippen LogP contribution in [0, 0.1) is 137 Å². The average Bonchev–Trinajstić information content (AvgIpc) is 3.21. The zero-order valence-electron chi connectivity index (χ0n) is 29.9. The van der Waals surface area contributed by atoms with E-state index < -0.39 is 14.8 Å². The number of non-ortho nitro benzene ring substituents is 3. The predicted octanol–water partition coefficient (Wildman–Crippen LogP) is 5.66. The van der Waals surface area contributed by atoms with Crippen molar-refractivity contribution < 1.29 is 29.0 Å². The summed E-state index contributed by atoms with van der Waals surface area (Å²) in [5.41, 5.74) is 2.02. The van der Waals surface area contributed by atoms with Crippen molar-refractivity contribution in [1.29, 1.82) is 0 Å². The van der Waals surface area contributed by atoms with Gasteiger partial charge in [-0.15, -0.1) is 0 Å². The van der Waals surface area contributed by atoms with Crippen LogP contribution in [0.4, 0.5) is 17.1 Å².